The second-order valence-corrected chi connectivity index (χ2v) is 6.62. The van der Waals surface area contributed by atoms with Gasteiger partial charge in [-0.25, -0.2) is 4.98 Å². The highest BCUT2D eigenvalue weighted by molar-refractivity contribution is 5.94. The van der Waals surface area contributed by atoms with Gasteiger partial charge in [0, 0.05) is 12.2 Å². The number of amides is 1. The molecule has 29 heavy (non-hydrogen) atoms. The lowest BCUT2D eigenvalue weighted by molar-refractivity contribution is -0.144. The number of hydrogen-bond donors (Lipinski definition) is 2. The highest BCUT2D eigenvalue weighted by atomic mass is 19.4. The molecule has 6 nitrogen and oxygen atoms in total. The van der Waals surface area contributed by atoms with Gasteiger partial charge in [0.25, 0.3) is 0 Å². The summed E-state index contributed by atoms with van der Waals surface area (Å²) in [5.74, 6) is -0.518. The van der Waals surface area contributed by atoms with Crippen molar-refractivity contribution in [2.45, 2.75) is 12.6 Å². The zero-order chi connectivity index (χ0) is 20.9. The third-order valence-corrected chi connectivity index (χ3v) is 4.14. The fourth-order valence-electron chi connectivity index (χ4n) is 2.79. The van der Waals surface area contributed by atoms with Gasteiger partial charge in [0.1, 0.15) is 5.75 Å². The summed E-state index contributed by atoms with van der Waals surface area (Å²) in [6, 6.07) is 13.9. The van der Waals surface area contributed by atoms with Gasteiger partial charge in [0.15, 0.2) is 0 Å². The van der Waals surface area contributed by atoms with Gasteiger partial charge in [-0.05, 0) is 43.8 Å². The van der Waals surface area contributed by atoms with Crippen molar-refractivity contribution in [3.63, 3.8) is 0 Å². The Morgan fingerprint density at radius 3 is 2.69 bits per heavy atom. The molecule has 1 aromatic heterocycles. The number of ether oxygens (including phenoxy) is 1. The molecule has 1 heterocycles. The summed E-state index contributed by atoms with van der Waals surface area (Å²) in [4.78, 5) is 19.8. The van der Waals surface area contributed by atoms with Crippen molar-refractivity contribution in [1.82, 2.24) is 14.9 Å². The molecule has 0 atom stereocenters. The Bertz CT molecular complexity index is 957. The van der Waals surface area contributed by atoms with E-state index in [4.69, 9.17) is 4.74 Å². The topological polar surface area (TPSA) is 70.2 Å². The number of carbonyl (C=O) groups excluding carboxylic acids is 1. The molecule has 0 spiro atoms. The maximum Gasteiger partial charge on any atom is 0.449 e. The van der Waals surface area contributed by atoms with Crippen molar-refractivity contribution >= 4 is 22.6 Å². The van der Waals surface area contributed by atoms with E-state index in [0.717, 1.165) is 12.2 Å². The second kappa shape index (κ2) is 8.95. The van der Waals surface area contributed by atoms with Crippen LogP contribution in [0.4, 0.5) is 18.9 Å². The van der Waals surface area contributed by atoms with E-state index < -0.39 is 12.0 Å². The van der Waals surface area contributed by atoms with E-state index in [2.05, 4.69) is 15.3 Å². The molecule has 1 amide bonds. The summed E-state index contributed by atoms with van der Waals surface area (Å²) in [6.07, 6.45) is -3.80. The molecule has 0 saturated carbocycles. The molecule has 0 aliphatic heterocycles. The maximum absolute atomic E-state index is 12.7. The van der Waals surface area contributed by atoms with Crippen LogP contribution in [-0.2, 0) is 11.0 Å². The molecule has 0 radical (unpaired) electrons. The van der Waals surface area contributed by atoms with Crippen LogP contribution in [-0.4, -0.2) is 47.5 Å². The highest BCUT2D eigenvalue weighted by Crippen LogP contribution is 2.29. The fraction of sp³-hybridized carbons (Fsp3) is 0.300. The first kappa shape index (κ1) is 20.7. The monoisotopic (exact) mass is 406 g/mol. The van der Waals surface area contributed by atoms with Gasteiger partial charge in [0.2, 0.25) is 11.7 Å². The van der Waals surface area contributed by atoms with Crippen LogP contribution in [0.15, 0.2) is 48.5 Å². The molecule has 0 fully saturated rings. The molecule has 0 unspecified atom stereocenters. The average molecular weight is 406 g/mol. The van der Waals surface area contributed by atoms with E-state index in [1.165, 1.54) is 18.2 Å². The minimum atomic E-state index is -4.55. The van der Waals surface area contributed by atoms with Crippen LogP contribution in [0.25, 0.3) is 11.0 Å². The summed E-state index contributed by atoms with van der Waals surface area (Å²) in [7, 11) is 1.82. The van der Waals surface area contributed by atoms with Crippen LogP contribution in [0, 0.1) is 0 Å². The summed E-state index contributed by atoms with van der Waals surface area (Å²) in [6.45, 7) is 1.35. The first-order valence-electron chi connectivity index (χ1n) is 9.04. The summed E-state index contributed by atoms with van der Waals surface area (Å²) < 4.78 is 43.8. The number of alkyl halides is 3. The number of benzene rings is 2. The fourth-order valence-corrected chi connectivity index (χ4v) is 2.79. The maximum atomic E-state index is 12.7. The number of rotatable bonds is 8. The quantitative estimate of drug-likeness (QED) is 0.557. The highest BCUT2D eigenvalue weighted by Gasteiger charge is 2.34. The van der Waals surface area contributed by atoms with Gasteiger partial charge < -0.3 is 15.0 Å². The molecule has 9 heteroatoms. The van der Waals surface area contributed by atoms with E-state index in [1.807, 2.05) is 42.3 Å². The molecule has 2 N–H and O–H groups in total. The first-order chi connectivity index (χ1) is 13.8. The van der Waals surface area contributed by atoms with Gasteiger partial charge in [-0.3, -0.25) is 9.69 Å². The largest absolute Gasteiger partial charge is 0.494 e. The number of likely N-dealkylation sites (N-methyl/N-ethyl adjacent to an activating group) is 1. The number of aromatic nitrogens is 2. The third-order valence-electron chi connectivity index (χ3n) is 4.14. The lowest BCUT2D eigenvalue weighted by Gasteiger charge is -2.16. The number of aromatic amines is 1. The van der Waals surface area contributed by atoms with E-state index in [-0.39, 0.29) is 23.5 Å². The number of hydrogen-bond acceptors (Lipinski definition) is 4. The number of H-pyrrole nitrogens is 1. The van der Waals surface area contributed by atoms with Crippen molar-refractivity contribution in [3.05, 3.63) is 54.4 Å². The first-order valence-corrected chi connectivity index (χ1v) is 9.04. The minimum absolute atomic E-state index is 0.153. The van der Waals surface area contributed by atoms with Crippen molar-refractivity contribution < 1.29 is 22.7 Å². The predicted molar refractivity (Wildman–Crippen MR) is 104 cm³/mol. The SMILES string of the molecule is CN(CCCOc1ccccc1)CC(=O)Nc1ccc2nc(C(F)(F)F)[nH]c2c1. The Labute approximate surface area is 165 Å². The van der Waals surface area contributed by atoms with Gasteiger partial charge in [0.05, 0.1) is 24.2 Å². The number of para-hydroxylation sites is 1. The Balaban J connectivity index is 1.45. The summed E-state index contributed by atoms with van der Waals surface area (Å²) in [5.41, 5.74) is 0.799. The standard InChI is InChI=1S/C20H21F3N4O2/c1-27(10-5-11-29-15-6-3-2-4-7-15)13-18(28)24-14-8-9-16-17(12-14)26-19(25-16)20(21,22)23/h2-4,6-9,12H,5,10-11,13H2,1H3,(H,24,28)(H,25,26). The smallest absolute Gasteiger partial charge is 0.449 e. The zero-order valence-corrected chi connectivity index (χ0v) is 15.8. The summed E-state index contributed by atoms with van der Waals surface area (Å²) in [5, 5.41) is 2.69. The molecular formula is C20H21F3N4O2. The second-order valence-electron chi connectivity index (χ2n) is 6.62. The summed E-state index contributed by atoms with van der Waals surface area (Å²) >= 11 is 0. The number of halogens is 3. The molecule has 0 saturated heterocycles. The Morgan fingerprint density at radius 2 is 1.97 bits per heavy atom. The number of nitrogens with one attached hydrogen (secondary N) is 2. The molecule has 0 bridgehead atoms. The Kier molecular flexibility index (Phi) is 6.38. The number of anilines is 1. The van der Waals surface area contributed by atoms with E-state index in [0.29, 0.717) is 18.8 Å². The van der Waals surface area contributed by atoms with Crippen molar-refractivity contribution in [3.8, 4) is 5.75 Å². The van der Waals surface area contributed by atoms with Crippen LogP contribution in [0.2, 0.25) is 0 Å². The van der Waals surface area contributed by atoms with Crippen LogP contribution in [0.3, 0.4) is 0 Å². The van der Waals surface area contributed by atoms with Gasteiger partial charge in [-0.15, -0.1) is 0 Å². The van der Waals surface area contributed by atoms with Crippen LogP contribution < -0.4 is 10.1 Å². The minimum Gasteiger partial charge on any atom is -0.494 e. The van der Waals surface area contributed by atoms with Crippen molar-refractivity contribution in [1.29, 1.82) is 0 Å². The molecule has 2 aromatic carbocycles. The number of nitrogens with zero attached hydrogens (tertiary/aromatic N) is 2. The van der Waals surface area contributed by atoms with Crippen molar-refractivity contribution in [2.75, 3.05) is 32.1 Å². The van der Waals surface area contributed by atoms with E-state index in [1.54, 1.807) is 0 Å². The number of carbonyl (C=O) groups is 1. The lowest BCUT2D eigenvalue weighted by atomic mass is 10.2. The Morgan fingerprint density at radius 1 is 1.21 bits per heavy atom. The van der Waals surface area contributed by atoms with Gasteiger partial charge >= 0.3 is 6.18 Å². The molecule has 3 aromatic rings. The number of imidazole rings is 1. The van der Waals surface area contributed by atoms with Crippen LogP contribution in [0.1, 0.15) is 12.2 Å². The van der Waals surface area contributed by atoms with Crippen molar-refractivity contribution in [2.24, 2.45) is 0 Å². The molecular weight excluding hydrogens is 385 g/mol. The Hall–Kier alpha value is -3.07. The third kappa shape index (κ3) is 5.95. The number of fused-ring (bicyclic) bond motifs is 1. The molecule has 154 valence electrons. The van der Waals surface area contributed by atoms with Gasteiger partial charge in [-0.1, -0.05) is 18.2 Å². The molecule has 3 rings (SSSR count). The van der Waals surface area contributed by atoms with Crippen LogP contribution in [0.5, 0.6) is 5.75 Å². The van der Waals surface area contributed by atoms with Crippen LogP contribution >= 0.6 is 0 Å². The average Bonchev–Trinajstić information content (AvgIpc) is 3.10. The lowest BCUT2D eigenvalue weighted by Crippen LogP contribution is -2.31. The molecule has 0 aliphatic rings. The predicted octanol–water partition coefficient (Wildman–Crippen LogP) is 3.92. The van der Waals surface area contributed by atoms with E-state index >= 15 is 0 Å². The normalized spacial score (nSPS) is 11.8. The van der Waals surface area contributed by atoms with E-state index in [9.17, 15) is 18.0 Å². The zero-order valence-electron chi connectivity index (χ0n) is 15.8. The molecule has 0 aliphatic carbocycles. The van der Waals surface area contributed by atoms with Gasteiger partial charge in [-0.2, -0.15) is 13.2 Å².